The first-order chi connectivity index (χ1) is 29.2. The van der Waals surface area contributed by atoms with Crippen LogP contribution in [-0.2, 0) is 7.05 Å². The fraction of sp³-hybridized carbons (Fsp3) is 0.111. The number of rotatable bonds is 4. The van der Waals surface area contributed by atoms with E-state index >= 15 is 0 Å². The summed E-state index contributed by atoms with van der Waals surface area (Å²) in [6.07, 6.45) is 0. The second kappa shape index (κ2) is 12.7. The summed E-state index contributed by atoms with van der Waals surface area (Å²) in [7, 11) is 2.20. The highest BCUT2D eigenvalue weighted by atomic mass is 16.5. The summed E-state index contributed by atoms with van der Waals surface area (Å²) in [6.45, 7) is 10.7. The van der Waals surface area contributed by atoms with Gasteiger partial charge in [0.05, 0.1) is 22.2 Å². The van der Waals surface area contributed by atoms with Crippen LogP contribution < -0.4 is 30.8 Å². The molecule has 0 unspecified atom stereocenters. The van der Waals surface area contributed by atoms with Crippen LogP contribution in [0.2, 0.25) is 0 Å². The molecule has 2 aromatic heterocycles. The minimum atomic E-state index is -0.136. The third kappa shape index (κ3) is 5.00. The second-order valence-corrected chi connectivity index (χ2v) is 17.0. The van der Waals surface area contributed by atoms with E-state index in [0.29, 0.717) is 0 Å². The monoisotopic (exact) mass is 775 g/mol. The van der Waals surface area contributed by atoms with Crippen LogP contribution in [0.1, 0.15) is 27.8 Å². The van der Waals surface area contributed by atoms with E-state index in [4.69, 9.17) is 9.47 Å². The Morgan fingerprint density at radius 1 is 0.450 bits per heavy atom. The summed E-state index contributed by atoms with van der Waals surface area (Å²) in [5.74, 6) is 3.33. The van der Waals surface area contributed by atoms with Gasteiger partial charge in [0.15, 0.2) is 0 Å². The molecular formula is C54H42BN3O2. The van der Waals surface area contributed by atoms with Crippen LogP contribution in [0.15, 0.2) is 146 Å². The van der Waals surface area contributed by atoms with Gasteiger partial charge in [0.2, 0.25) is 0 Å². The van der Waals surface area contributed by atoms with Crippen molar-refractivity contribution >= 4 is 83.8 Å². The van der Waals surface area contributed by atoms with Crippen molar-refractivity contribution in [2.24, 2.45) is 7.05 Å². The molecule has 2 aliphatic heterocycles. The maximum absolute atomic E-state index is 7.59. The number of aromatic nitrogens is 2. The third-order valence-electron chi connectivity index (χ3n) is 12.9. The highest BCUT2D eigenvalue weighted by Crippen LogP contribution is 2.48. The van der Waals surface area contributed by atoms with E-state index < -0.39 is 0 Å². The van der Waals surface area contributed by atoms with E-state index in [9.17, 15) is 0 Å². The van der Waals surface area contributed by atoms with E-state index in [1.54, 1.807) is 0 Å². The number of ether oxygens (including phenoxy) is 2. The van der Waals surface area contributed by atoms with Crippen molar-refractivity contribution in [1.82, 2.24) is 9.13 Å². The Balaban J connectivity index is 1.21. The zero-order valence-electron chi connectivity index (χ0n) is 34.6. The molecule has 5 nitrogen and oxygen atoms in total. The molecule has 0 spiro atoms. The largest absolute Gasteiger partial charge is 0.458 e. The van der Waals surface area contributed by atoms with Gasteiger partial charge in [-0.15, -0.1) is 0 Å². The van der Waals surface area contributed by atoms with Crippen molar-refractivity contribution in [3.8, 4) is 28.7 Å². The Kier molecular flexibility index (Phi) is 7.35. The van der Waals surface area contributed by atoms with Gasteiger partial charge in [-0.2, -0.15) is 0 Å². The van der Waals surface area contributed by atoms with Crippen molar-refractivity contribution in [2.45, 2.75) is 34.6 Å². The van der Waals surface area contributed by atoms with Gasteiger partial charge in [0.25, 0.3) is 6.71 Å². The lowest BCUT2D eigenvalue weighted by molar-refractivity contribution is 0.464. The Bertz CT molecular complexity index is 3340. The standard InChI is InChI=1S/C54H42BN3O2/c1-31-11-18-36(19-12-31)57(37-20-13-32(2)14-21-37)38-28-49-51-50(29-38)60-54-44(55(51)43-27-35(5)17-24-48(43)59-49)30-42-39-9-7-8-10-45(39)56(6)52(42)53(54)58-46-22-15-33(3)25-40(46)41-26-34(4)16-23-47(41)58/h7-30H,1-6H3. The maximum Gasteiger partial charge on any atom is 0.260 e. The minimum absolute atomic E-state index is 0.136. The molecule has 0 fully saturated rings. The van der Waals surface area contributed by atoms with Gasteiger partial charge in [0.1, 0.15) is 28.7 Å². The van der Waals surface area contributed by atoms with Gasteiger partial charge in [-0.1, -0.05) is 101 Å². The molecule has 288 valence electrons. The van der Waals surface area contributed by atoms with Gasteiger partial charge < -0.3 is 23.5 Å². The Morgan fingerprint density at radius 2 is 1.02 bits per heavy atom. The molecule has 0 bridgehead atoms. The van der Waals surface area contributed by atoms with Gasteiger partial charge >= 0.3 is 0 Å². The molecule has 0 amide bonds. The fourth-order valence-corrected chi connectivity index (χ4v) is 10.0. The number of nitrogens with zero attached hydrogens (tertiary/aromatic N) is 3. The van der Waals surface area contributed by atoms with Crippen LogP contribution in [-0.4, -0.2) is 15.8 Å². The van der Waals surface area contributed by atoms with Gasteiger partial charge in [-0.3, -0.25) is 0 Å². The molecule has 0 atom stereocenters. The average molecular weight is 776 g/mol. The molecule has 6 heteroatoms. The van der Waals surface area contributed by atoms with E-state index in [2.05, 4.69) is 201 Å². The van der Waals surface area contributed by atoms with Gasteiger partial charge in [-0.05, 0) is 106 Å². The van der Waals surface area contributed by atoms with E-state index in [1.165, 1.54) is 54.9 Å². The summed E-state index contributed by atoms with van der Waals surface area (Å²) in [5, 5.41) is 4.89. The highest BCUT2D eigenvalue weighted by Gasteiger charge is 2.43. The quantitative estimate of drug-likeness (QED) is 0.167. The SMILES string of the molecule is Cc1ccc(N(c2ccc(C)cc2)c2cc3c4c(c2)Oc2c(cc5c6ccccc6n(C)c5c2-n2c5ccc(C)cc5c5cc(C)ccc52)B4c2cc(C)ccc2O3)cc1. The van der Waals surface area contributed by atoms with Crippen LogP contribution in [0.5, 0.6) is 23.0 Å². The third-order valence-corrected chi connectivity index (χ3v) is 12.9. The lowest BCUT2D eigenvalue weighted by Crippen LogP contribution is -2.57. The summed E-state index contributed by atoms with van der Waals surface area (Å²) in [4.78, 5) is 2.31. The first kappa shape index (κ1) is 34.8. The molecule has 10 aromatic rings. The first-order valence-corrected chi connectivity index (χ1v) is 20.8. The molecule has 0 aliphatic carbocycles. The maximum atomic E-state index is 7.59. The zero-order valence-corrected chi connectivity index (χ0v) is 34.6. The molecular weight excluding hydrogens is 733 g/mol. The predicted octanol–water partition coefficient (Wildman–Crippen LogP) is 12.2. The molecule has 0 saturated heterocycles. The Morgan fingerprint density at radius 3 is 1.67 bits per heavy atom. The van der Waals surface area contributed by atoms with Gasteiger partial charge in [0, 0.05) is 63.1 Å². The zero-order chi connectivity index (χ0) is 40.6. The van der Waals surface area contributed by atoms with E-state index in [-0.39, 0.29) is 6.71 Å². The first-order valence-electron chi connectivity index (χ1n) is 20.8. The number of anilines is 3. The second-order valence-electron chi connectivity index (χ2n) is 17.0. The van der Waals surface area contributed by atoms with Crippen molar-refractivity contribution in [3.05, 3.63) is 173 Å². The van der Waals surface area contributed by atoms with Crippen LogP contribution in [0.3, 0.4) is 0 Å². The predicted molar refractivity (Wildman–Crippen MR) is 251 cm³/mol. The number of benzene rings is 8. The van der Waals surface area contributed by atoms with E-state index in [0.717, 1.165) is 78.7 Å². The number of hydrogen-bond acceptors (Lipinski definition) is 3. The van der Waals surface area contributed by atoms with Crippen molar-refractivity contribution in [1.29, 1.82) is 0 Å². The number of hydrogen-bond donors (Lipinski definition) is 0. The lowest BCUT2D eigenvalue weighted by Gasteiger charge is -2.36. The lowest BCUT2D eigenvalue weighted by atomic mass is 9.34. The molecule has 60 heavy (non-hydrogen) atoms. The Labute approximate surface area is 349 Å². The fourth-order valence-electron chi connectivity index (χ4n) is 10.0. The minimum Gasteiger partial charge on any atom is -0.458 e. The molecule has 4 heterocycles. The van der Waals surface area contributed by atoms with Crippen molar-refractivity contribution in [2.75, 3.05) is 4.90 Å². The summed E-state index contributed by atoms with van der Waals surface area (Å²) < 4.78 is 19.4. The molecule has 0 radical (unpaired) electrons. The summed E-state index contributed by atoms with van der Waals surface area (Å²) >= 11 is 0. The topological polar surface area (TPSA) is 31.6 Å². The van der Waals surface area contributed by atoms with Crippen molar-refractivity contribution < 1.29 is 9.47 Å². The number of fused-ring (bicyclic) bond motifs is 10. The van der Waals surface area contributed by atoms with Gasteiger partial charge in [-0.25, -0.2) is 0 Å². The molecule has 2 aliphatic rings. The van der Waals surface area contributed by atoms with Crippen LogP contribution in [0.25, 0.3) is 49.3 Å². The summed E-state index contributed by atoms with van der Waals surface area (Å²) in [5.41, 5.74) is 18.2. The molecule has 0 N–H and O–H groups in total. The normalized spacial score (nSPS) is 12.7. The van der Waals surface area contributed by atoms with Crippen molar-refractivity contribution in [3.63, 3.8) is 0 Å². The highest BCUT2D eigenvalue weighted by molar-refractivity contribution is 6.98. The van der Waals surface area contributed by atoms with Crippen LogP contribution in [0.4, 0.5) is 17.1 Å². The molecule has 0 saturated carbocycles. The molecule has 8 aromatic carbocycles. The molecule has 12 rings (SSSR count). The van der Waals surface area contributed by atoms with Crippen LogP contribution >= 0.6 is 0 Å². The Hall–Kier alpha value is -7.18. The number of aryl methyl sites for hydroxylation is 6. The number of para-hydroxylation sites is 1. The smallest absolute Gasteiger partial charge is 0.260 e. The summed E-state index contributed by atoms with van der Waals surface area (Å²) in [6, 6.07) is 53.4. The van der Waals surface area contributed by atoms with E-state index in [1.807, 2.05) is 0 Å². The van der Waals surface area contributed by atoms with Crippen LogP contribution in [0, 0.1) is 34.6 Å². The average Bonchev–Trinajstić information content (AvgIpc) is 3.71.